The Bertz CT molecular complexity index is 1130. The Morgan fingerprint density at radius 3 is 1.81 bits per heavy atom. The first kappa shape index (κ1) is 20.6. The molecule has 0 unspecified atom stereocenters. The lowest BCUT2D eigenvalue weighted by Crippen LogP contribution is -2.32. The predicted octanol–water partition coefficient (Wildman–Crippen LogP) is 5.35. The molecule has 1 aromatic heterocycles. The zero-order valence-corrected chi connectivity index (χ0v) is 17.3. The first-order valence-electron chi connectivity index (χ1n) is 9.60. The quantitative estimate of drug-likeness (QED) is 0.390. The molecule has 4 aromatic rings. The molecule has 0 amide bonds. The zero-order chi connectivity index (χ0) is 21.6. The second-order valence-electron chi connectivity index (χ2n) is 6.83. The van der Waals surface area contributed by atoms with Gasteiger partial charge in [0.25, 0.3) is 0 Å². The van der Waals surface area contributed by atoms with Gasteiger partial charge in [0.15, 0.2) is 0 Å². The van der Waals surface area contributed by atoms with Gasteiger partial charge < -0.3 is 20.3 Å². The van der Waals surface area contributed by atoms with Crippen molar-refractivity contribution >= 4 is 17.3 Å². The molecule has 0 saturated heterocycles. The highest BCUT2D eigenvalue weighted by atomic mass is 32.1. The Morgan fingerprint density at radius 2 is 1.35 bits per heavy atom. The van der Waals surface area contributed by atoms with E-state index in [1.165, 1.54) is 0 Å². The van der Waals surface area contributed by atoms with Crippen molar-refractivity contribution in [2.45, 2.75) is 12.5 Å². The third-order valence-corrected chi connectivity index (χ3v) is 5.35. The van der Waals surface area contributed by atoms with Gasteiger partial charge in [-0.25, -0.2) is 4.98 Å². The number of carboxylic acids is 1. The molecule has 0 aliphatic rings. The standard InChI is InChI=1S/C24H20N2O4S/c25-22(24(27)28)15-16-1-5-18(6-2-16)29-20-9-11-21(12-10-20)30-19-7-3-17(4-8-19)23-26-13-14-31-23/h1-14,22H,15,25H2,(H,27,28)/t22-/m0/s1. The van der Waals surface area contributed by atoms with Gasteiger partial charge in [-0.1, -0.05) is 12.1 Å². The number of ether oxygens (including phenoxy) is 2. The maximum absolute atomic E-state index is 10.9. The summed E-state index contributed by atoms with van der Waals surface area (Å²) in [5.74, 6) is 1.75. The lowest BCUT2D eigenvalue weighted by Gasteiger charge is -2.10. The van der Waals surface area contributed by atoms with E-state index in [1.807, 2.05) is 66.0 Å². The van der Waals surface area contributed by atoms with Gasteiger partial charge in [0.05, 0.1) is 0 Å². The fourth-order valence-electron chi connectivity index (χ4n) is 2.91. The largest absolute Gasteiger partial charge is 0.480 e. The summed E-state index contributed by atoms with van der Waals surface area (Å²) >= 11 is 1.60. The number of aromatic nitrogens is 1. The highest BCUT2D eigenvalue weighted by Gasteiger charge is 2.12. The van der Waals surface area contributed by atoms with E-state index in [4.69, 9.17) is 20.3 Å². The number of carboxylic acid groups (broad SMARTS) is 1. The molecule has 4 rings (SSSR count). The smallest absolute Gasteiger partial charge is 0.320 e. The van der Waals surface area contributed by atoms with E-state index in [2.05, 4.69) is 4.98 Å². The molecule has 0 saturated carbocycles. The number of hydrogen-bond acceptors (Lipinski definition) is 6. The van der Waals surface area contributed by atoms with Gasteiger partial charge >= 0.3 is 5.97 Å². The van der Waals surface area contributed by atoms with Crippen LogP contribution in [0.4, 0.5) is 0 Å². The van der Waals surface area contributed by atoms with Crippen molar-refractivity contribution in [1.82, 2.24) is 4.98 Å². The van der Waals surface area contributed by atoms with Gasteiger partial charge in [0.1, 0.15) is 34.0 Å². The van der Waals surface area contributed by atoms with E-state index in [0.29, 0.717) is 17.2 Å². The van der Waals surface area contributed by atoms with Gasteiger partial charge in [-0.05, 0) is 72.6 Å². The molecule has 31 heavy (non-hydrogen) atoms. The fraction of sp³-hybridized carbons (Fsp3) is 0.0833. The molecule has 0 aliphatic heterocycles. The number of nitrogens with zero attached hydrogens (tertiary/aromatic N) is 1. The molecule has 156 valence electrons. The molecular weight excluding hydrogens is 412 g/mol. The van der Waals surface area contributed by atoms with Crippen LogP contribution in [0.15, 0.2) is 84.4 Å². The number of nitrogens with two attached hydrogens (primary N) is 1. The van der Waals surface area contributed by atoms with E-state index in [-0.39, 0.29) is 6.42 Å². The predicted molar refractivity (Wildman–Crippen MR) is 120 cm³/mol. The third kappa shape index (κ3) is 5.48. The molecular formula is C24H20N2O4S. The van der Waals surface area contributed by atoms with Crippen molar-refractivity contribution in [3.05, 3.63) is 89.9 Å². The van der Waals surface area contributed by atoms with E-state index >= 15 is 0 Å². The Morgan fingerprint density at radius 1 is 0.871 bits per heavy atom. The van der Waals surface area contributed by atoms with E-state index in [1.54, 1.807) is 29.7 Å². The Labute approximate surface area is 183 Å². The number of hydrogen-bond donors (Lipinski definition) is 2. The van der Waals surface area contributed by atoms with Crippen molar-refractivity contribution < 1.29 is 19.4 Å². The third-order valence-electron chi connectivity index (χ3n) is 4.52. The van der Waals surface area contributed by atoms with Crippen LogP contribution in [-0.4, -0.2) is 22.1 Å². The fourth-order valence-corrected chi connectivity index (χ4v) is 3.56. The molecule has 0 bridgehead atoms. The molecule has 1 heterocycles. The molecule has 0 radical (unpaired) electrons. The first-order chi connectivity index (χ1) is 15.1. The lowest BCUT2D eigenvalue weighted by molar-refractivity contribution is -0.138. The Balaban J connectivity index is 1.34. The molecule has 7 heteroatoms. The summed E-state index contributed by atoms with van der Waals surface area (Å²) < 4.78 is 11.7. The Kier molecular flexibility index (Phi) is 6.26. The normalized spacial score (nSPS) is 11.6. The second-order valence-corrected chi connectivity index (χ2v) is 7.72. The van der Waals surface area contributed by atoms with Crippen LogP contribution in [0.1, 0.15) is 5.56 Å². The van der Waals surface area contributed by atoms with Crippen LogP contribution in [0.2, 0.25) is 0 Å². The van der Waals surface area contributed by atoms with Gasteiger partial charge in [0, 0.05) is 17.1 Å². The molecule has 3 aromatic carbocycles. The SMILES string of the molecule is N[C@@H](Cc1ccc(Oc2ccc(Oc3ccc(-c4nccs4)cc3)cc2)cc1)C(=O)O. The lowest BCUT2D eigenvalue weighted by atomic mass is 10.1. The zero-order valence-electron chi connectivity index (χ0n) is 16.5. The number of carbonyl (C=O) groups is 1. The van der Waals surface area contributed by atoms with Crippen LogP contribution in [-0.2, 0) is 11.2 Å². The highest BCUT2D eigenvalue weighted by molar-refractivity contribution is 7.13. The summed E-state index contributed by atoms with van der Waals surface area (Å²) in [7, 11) is 0. The number of rotatable bonds is 8. The molecule has 3 N–H and O–H groups in total. The Hall–Kier alpha value is -3.68. The molecule has 0 fully saturated rings. The minimum atomic E-state index is -1.02. The summed E-state index contributed by atoms with van der Waals surface area (Å²) in [4.78, 5) is 15.2. The van der Waals surface area contributed by atoms with Crippen molar-refractivity contribution in [2.24, 2.45) is 5.73 Å². The maximum Gasteiger partial charge on any atom is 0.320 e. The minimum absolute atomic E-state index is 0.270. The summed E-state index contributed by atoms with van der Waals surface area (Å²) in [6, 6.07) is 21.4. The topological polar surface area (TPSA) is 94.7 Å². The van der Waals surface area contributed by atoms with Crippen LogP contribution in [0, 0.1) is 0 Å². The highest BCUT2D eigenvalue weighted by Crippen LogP contribution is 2.29. The van der Waals surface area contributed by atoms with Crippen LogP contribution >= 0.6 is 11.3 Å². The van der Waals surface area contributed by atoms with E-state index in [9.17, 15) is 4.79 Å². The van der Waals surface area contributed by atoms with E-state index in [0.717, 1.165) is 21.9 Å². The summed E-state index contributed by atoms with van der Waals surface area (Å²) in [5.41, 5.74) is 7.46. The number of aliphatic carboxylic acids is 1. The van der Waals surface area contributed by atoms with Gasteiger partial charge in [0.2, 0.25) is 0 Å². The summed E-state index contributed by atoms with van der Waals surface area (Å²) in [5, 5.41) is 11.8. The van der Waals surface area contributed by atoms with Crippen LogP contribution in [0.3, 0.4) is 0 Å². The average molecular weight is 433 g/mol. The van der Waals surface area contributed by atoms with Crippen LogP contribution in [0.25, 0.3) is 10.6 Å². The first-order valence-corrected chi connectivity index (χ1v) is 10.5. The minimum Gasteiger partial charge on any atom is -0.480 e. The van der Waals surface area contributed by atoms with Crippen LogP contribution in [0.5, 0.6) is 23.0 Å². The van der Waals surface area contributed by atoms with Gasteiger partial charge in [-0.15, -0.1) is 11.3 Å². The van der Waals surface area contributed by atoms with Gasteiger partial charge in [-0.2, -0.15) is 0 Å². The molecule has 6 nitrogen and oxygen atoms in total. The van der Waals surface area contributed by atoms with Crippen molar-refractivity contribution in [3.63, 3.8) is 0 Å². The molecule has 1 atom stereocenters. The number of benzene rings is 3. The average Bonchev–Trinajstić information content (AvgIpc) is 3.32. The molecule has 0 aliphatic carbocycles. The summed E-state index contributed by atoms with van der Waals surface area (Å²) in [6.07, 6.45) is 2.06. The second kappa shape index (κ2) is 9.42. The van der Waals surface area contributed by atoms with Crippen LogP contribution < -0.4 is 15.2 Å². The van der Waals surface area contributed by atoms with Gasteiger partial charge in [-0.3, -0.25) is 4.79 Å². The maximum atomic E-state index is 10.9. The molecule has 0 spiro atoms. The number of thiazole rings is 1. The monoisotopic (exact) mass is 432 g/mol. The van der Waals surface area contributed by atoms with E-state index < -0.39 is 12.0 Å². The van der Waals surface area contributed by atoms with Crippen molar-refractivity contribution in [2.75, 3.05) is 0 Å². The van der Waals surface area contributed by atoms with Crippen molar-refractivity contribution in [3.8, 4) is 33.6 Å². The summed E-state index contributed by atoms with van der Waals surface area (Å²) in [6.45, 7) is 0. The van der Waals surface area contributed by atoms with Crippen molar-refractivity contribution in [1.29, 1.82) is 0 Å².